The van der Waals surface area contributed by atoms with Crippen molar-refractivity contribution in [2.75, 3.05) is 9.44 Å². The van der Waals surface area contributed by atoms with Gasteiger partial charge in [0.15, 0.2) is 0 Å². The van der Waals surface area contributed by atoms with Gasteiger partial charge in [-0.1, -0.05) is 0 Å². The minimum absolute atomic E-state index is 0.0399. The fraction of sp³-hybridized carbons (Fsp3) is 0. The van der Waals surface area contributed by atoms with Gasteiger partial charge in [0.2, 0.25) is 0 Å². The second-order valence-electron chi connectivity index (χ2n) is 5.43. The molecule has 1 aromatic heterocycles. The summed E-state index contributed by atoms with van der Waals surface area (Å²) in [5.74, 6) is -1.17. The number of carbonyl (C=O) groups is 1. The highest BCUT2D eigenvalue weighted by Gasteiger charge is 2.17. The van der Waals surface area contributed by atoms with Gasteiger partial charge >= 0.3 is 5.97 Å². The minimum atomic E-state index is -3.96. The molecule has 0 saturated carbocycles. The number of aromatic nitrogens is 1. The molecule has 0 amide bonds. The fourth-order valence-corrected chi connectivity index (χ4v) is 5.02. The number of sulfonamides is 2. The van der Waals surface area contributed by atoms with Gasteiger partial charge in [-0.2, -0.15) is 0 Å². The number of thiazole rings is 1. The van der Waals surface area contributed by atoms with E-state index in [9.17, 15) is 21.6 Å². The topological polar surface area (TPSA) is 143 Å². The van der Waals surface area contributed by atoms with E-state index >= 15 is 0 Å². The van der Waals surface area contributed by atoms with Gasteiger partial charge in [0.25, 0.3) is 20.0 Å². The Hall–Kier alpha value is -2.96. The van der Waals surface area contributed by atoms with E-state index in [1.807, 2.05) is 0 Å². The summed E-state index contributed by atoms with van der Waals surface area (Å²) < 4.78 is 54.0. The van der Waals surface area contributed by atoms with Crippen molar-refractivity contribution >= 4 is 48.0 Å². The number of carboxylic acids is 1. The van der Waals surface area contributed by atoms with Crippen molar-refractivity contribution in [3.63, 3.8) is 0 Å². The van der Waals surface area contributed by atoms with Gasteiger partial charge in [-0.25, -0.2) is 21.6 Å². The quantitative estimate of drug-likeness (QED) is 0.513. The third-order valence-corrected chi connectivity index (χ3v) is 7.09. The molecule has 0 fully saturated rings. The average molecular weight is 439 g/mol. The first-order chi connectivity index (χ1) is 13.2. The standard InChI is InChI=1S/C16H13N3O6S3/c20-16(21)11-1-5-13(6-2-11)27(22,23)18-12-3-7-14(8-4-12)28(24,25)19-15-9-17-10-26-15/h1-10,18-19H,(H,20,21). The maximum Gasteiger partial charge on any atom is 0.335 e. The van der Waals surface area contributed by atoms with E-state index in [4.69, 9.17) is 5.11 Å². The third-order valence-electron chi connectivity index (χ3n) is 3.50. The summed E-state index contributed by atoms with van der Waals surface area (Å²) in [5, 5.41) is 9.22. The molecular formula is C16H13N3O6S3. The predicted molar refractivity (Wildman–Crippen MR) is 104 cm³/mol. The molecule has 0 aliphatic rings. The van der Waals surface area contributed by atoms with Crippen LogP contribution < -0.4 is 9.44 Å². The summed E-state index contributed by atoms with van der Waals surface area (Å²) in [6.45, 7) is 0. The summed E-state index contributed by atoms with van der Waals surface area (Å²) in [7, 11) is -7.78. The van der Waals surface area contributed by atoms with E-state index < -0.39 is 26.0 Å². The molecule has 0 atom stereocenters. The molecule has 12 heteroatoms. The lowest BCUT2D eigenvalue weighted by atomic mass is 10.2. The highest BCUT2D eigenvalue weighted by molar-refractivity contribution is 7.93. The Balaban J connectivity index is 1.77. The first-order valence-electron chi connectivity index (χ1n) is 7.55. The Labute approximate surface area is 164 Å². The van der Waals surface area contributed by atoms with E-state index in [0.29, 0.717) is 5.00 Å². The number of benzene rings is 2. The van der Waals surface area contributed by atoms with Crippen molar-refractivity contribution in [2.45, 2.75) is 9.79 Å². The lowest BCUT2D eigenvalue weighted by Crippen LogP contribution is -2.14. The highest BCUT2D eigenvalue weighted by Crippen LogP contribution is 2.22. The van der Waals surface area contributed by atoms with Crippen LogP contribution in [0.4, 0.5) is 10.7 Å². The molecule has 0 spiro atoms. The fourth-order valence-electron chi connectivity index (χ4n) is 2.15. The van der Waals surface area contributed by atoms with E-state index in [0.717, 1.165) is 11.3 Å². The number of nitrogens with one attached hydrogen (secondary N) is 2. The lowest BCUT2D eigenvalue weighted by molar-refractivity contribution is 0.0696. The van der Waals surface area contributed by atoms with E-state index in [-0.39, 0.29) is 21.0 Å². The lowest BCUT2D eigenvalue weighted by Gasteiger charge is -2.10. The maximum atomic E-state index is 12.4. The molecular weight excluding hydrogens is 426 g/mol. The van der Waals surface area contributed by atoms with Gasteiger partial charge in [0.1, 0.15) is 5.00 Å². The van der Waals surface area contributed by atoms with Crippen molar-refractivity contribution in [1.29, 1.82) is 0 Å². The molecule has 1 heterocycles. The molecule has 3 rings (SSSR count). The van der Waals surface area contributed by atoms with Crippen LogP contribution in [0.5, 0.6) is 0 Å². The Morgan fingerprint density at radius 1 is 0.857 bits per heavy atom. The van der Waals surface area contributed by atoms with Crippen LogP contribution in [0.1, 0.15) is 10.4 Å². The zero-order valence-electron chi connectivity index (χ0n) is 13.9. The molecule has 0 unspecified atom stereocenters. The van der Waals surface area contributed by atoms with E-state index in [1.165, 1.54) is 60.2 Å². The van der Waals surface area contributed by atoms with Crippen LogP contribution in [-0.4, -0.2) is 32.9 Å². The Kier molecular flexibility index (Phi) is 5.36. The first kappa shape index (κ1) is 19.8. The highest BCUT2D eigenvalue weighted by atomic mass is 32.2. The van der Waals surface area contributed by atoms with Gasteiger partial charge in [-0.15, -0.1) is 11.3 Å². The van der Waals surface area contributed by atoms with Crippen LogP contribution >= 0.6 is 11.3 Å². The van der Waals surface area contributed by atoms with Crippen molar-refractivity contribution in [3.8, 4) is 0 Å². The molecule has 3 aromatic rings. The summed E-state index contributed by atoms with van der Waals surface area (Å²) >= 11 is 1.13. The summed E-state index contributed by atoms with van der Waals surface area (Å²) in [4.78, 5) is 14.5. The van der Waals surface area contributed by atoms with Gasteiger partial charge in [-0.3, -0.25) is 14.4 Å². The van der Waals surface area contributed by atoms with Crippen LogP contribution in [0, 0.1) is 0 Å². The van der Waals surface area contributed by atoms with Crippen molar-refractivity contribution < 1.29 is 26.7 Å². The zero-order valence-corrected chi connectivity index (χ0v) is 16.4. The molecule has 0 bridgehead atoms. The molecule has 28 heavy (non-hydrogen) atoms. The number of hydrogen-bond donors (Lipinski definition) is 3. The molecule has 0 saturated heterocycles. The Bertz CT molecular complexity index is 1190. The number of aromatic carboxylic acids is 1. The molecule has 0 aliphatic carbocycles. The van der Waals surface area contributed by atoms with Crippen LogP contribution in [0.25, 0.3) is 0 Å². The Morgan fingerprint density at radius 3 is 1.89 bits per heavy atom. The normalized spacial score (nSPS) is 11.7. The molecule has 3 N–H and O–H groups in total. The molecule has 9 nitrogen and oxygen atoms in total. The number of nitrogens with zero attached hydrogens (tertiary/aromatic N) is 1. The number of rotatable bonds is 7. The Morgan fingerprint density at radius 2 is 1.39 bits per heavy atom. The monoisotopic (exact) mass is 439 g/mol. The van der Waals surface area contributed by atoms with Crippen molar-refractivity contribution in [1.82, 2.24) is 4.98 Å². The van der Waals surface area contributed by atoms with E-state index in [2.05, 4.69) is 14.4 Å². The van der Waals surface area contributed by atoms with Crippen LogP contribution in [-0.2, 0) is 20.0 Å². The number of hydrogen-bond acceptors (Lipinski definition) is 7. The predicted octanol–water partition coefficient (Wildman–Crippen LogP) is 2.44. The van der Waals surface area contributed by atoms with Gasteiger partial charge in [0.05, 0.1) is 27.1 Å². The smallest absolute Gasteiger partial charge is 0.335 e. The van der Waals surface area contributed by atoms with Gasteiger partial charge in [-0.05, 0) is 48.5 Å². The molecule has 2 aromatic carbocycles. The van der Waals surface area contributed by atoms with E-state index in [1.54, 1.807) is 0 Å². The van der Waals surface area contributed by atoms with Crippen molar-refractivity contribution in [3.05, 3.63) is 65.8 Å². The van der Waals surface area contributed by atoms with Crippen LogP contribution in [0.15, 0.2) is 70.0 Å². The van der Waals surface area contributed by atoms with Crippen LogP contribution in [0.3, 0.4) is 0 Å². The molecule has 0 aliphatic heterocycles. The summed E-state index contributed by atoms with van der Waals surface area (Å²) in [6, 6.07) is 9.83. The average Bonchev–Trinajstić information content (AvgIpc) is 3.14. The zero-order chi connectivity index (χ0) is 20.4. The second-order valence-corrected chi connectivity index (χ2v) is 9.68. The summed E-state index contributed by atoms with van der Waals surface area (Å²) in [5.41, 5.74) is 1.60. The third kappa shape index (κ3) is 4.47. The SMILES string of the molecule is O=C(O)c1ccc(S(=O)(=O)Nc2ccc(S(=O)(=O)Nc3cncs3)cc2)cc1. The largest absolute Gasteiger partial charge is 0.478 e. The maximum absolute atomic E-state index is 12.4. The molecule has 0 radical (unpaired) electrons. The first-order valence-corrected chi connectivity index (χ1v) is 11.4. The summed E-state index contributed by atoms with van der Waals surface area (Å²) in [6.07, 6.45) is 1.38. The number of anilines is 2. The van der Waals surface area contributed by atoms with Crippen LogP contribution in [0.2, 0.25) is 0 Å². The number of carboxylic acid groups (broad SMARTS) is 1. The van der Waals surface area contributed by atoms with Gasteiger partial charge in [0, 0.05) is 5.69 Å². The second kappa shape index (κ2) is 7.58. The minimum Gasteiger partial charge on any atom is -0.478 e. The van der Waals surface area contributed by atoms with Gasteiger partial charge < -0.3 is 5.11 Å². The van der Waals surface area contributed by atoms with Crippen molar-refractivity contribution in [2.24, 2.45) is 0 Å². The molecule has 146 valence electrons.